The summed E-state index contributed by atoms with van der Waals surface area (Å²) < 4.78 is 37.9. The van der Waals surface area contributed by atoms with E-state index in [-0.39, 0.29) is 5.91 Å². The van der Waals surface area contributed by atoms with Gasteiger partial charge in [-0.25, -0.2) is 4.98 Å². The number of rotatable bonds is 4. The second kappa shape index (κ2) is 7.96. The van der Waals surface area contributed by atoms with Crippen LogP contribution in [0.5, 0.6) is 0 Å². The number of amides is 1. The average Bonchev–Trinajstić information content (AvgIpc) is 2.68. The highest BCUT2D eigenvalue weighted by Gasteiger charge is 2.31. The summed E-state index contributed by atoms with van der Waals surface area (Å²) in [5, 5.41) is 0. The molecule has 1 aliphatic heterocycles. The van der Waals surface area contributed by atoms with Crippen LogP contribution in [-0.4, -0.2) is 55.6 Å². The van der Waals surface area contributed by atoms with Crippen LogP contribution in [0.15, 0.2) is 48.7 Å². The van der Waals surface area contributed by atoms with E-state index in [2.05, 4.69) is 4.98 Å². The number of anilines is 2. The second-order valence-corrected chi connectivity index (χ2v) is 6.45. The van der Waals surface area contributed by atoms with E-state index in [0.717, 1.165) is 18.0 Å². The van der Waals surface area contributed by atoms with Gasteiger partial charge in [0.25, 0.3) is 0 Å². The molecule has 1 fully saturated rings. The van der Waals surface area contributed by atoms with E-state index in [1.807, 2.05) is 40.1 Å². The maximum absolute atomic E-state index is 12.6. The van der Waals surface area contributed by atoms with E-state index >= 15 is 0 Å². The highest BCUT2D eigenvalue weighted by Crippen LogP contribution is 2.29. The molecule has 0 saturated carbocycles. The summed E-state index contributed by atoms with van der Waals surface area (Å²) in [5.41, 5.74) is 0.0922. The smallest absolute Gasteiger partial charge is 0.354 e. The first-order chi connectivity index (χ1) is 12.8. The van der Waals surface area contributed by atoms with Crippen molar-refractivity contribution in [2.45, 2.75) is 6.18 Å². The molecule has 0 atom stereocenters. The standard InChI is InChI=1S/C19H21F3N4O/c1-24(16-5-3-2-4-6-16)18(27)14-25-9-11-26(12-10-25)17-8-7-15(13-23-17)19(20,21)22/h2-8,13H,9-12,14H2,1H3. The lowest BCUT2D eigenvalue weighted by atomic mass is 10.2. The Balaban J connectivity index is 1.52. The summed E-state index contributed by atoms with van der Waals surface area (Å²) in [6.07, 6.45) is -3.52. The van der Waals surface area contributed by atoms with Crippen molar-refractivity contribution in [3.63, 3.8) is 0 Å². The summed E-state index contributed by atoms with van der Waals surface area (Å²) in [6.45, 7) is 2.83. The molecule has 0 unspecified atom stereocenters. The van der Waals surface area contributed by atoms with Gasteiger partial charge in [-0.15, -0.1) is 0 Å². The fourth-order valence-electron chi connectivity index (χ4n) is 2.97. The zero-order chi connectivity index (χ0) is 19.4. The Bertz CT molecular complexity index is 757. The van der Waals surface area contributed by atoms with Crippen LogP contribution < -0.4 is 9.80 Å². The Labute approximate surface area is 156 Å². The van der Waals surface area contributed by atoms with E-state index in [4.69, 9.17) is 0 Å². The van der Waals surface area contributed by atoms with E-state index in [0.29, 0.717) is 38.5 Å². The van der Waals surface area contributed by atoms with E-state index < -0.39 is 11.7 Å². The molecule has 0 radical (unpaired) electrons. The molecule has 0 aliphatic carbocycles. The van der Waals surface area contributed by atoms with E-state index in [1.165, 1.54) is 6.07 Å². The van der Waals surface area contributed by atoms with Gasteiger partial charge in [0.2, 0.25) is 5.91 Å². The van der Waals surface area contributed by atoms with Gasteiger partial charge in [-0.05, 0) is 24.3 Å². The largest absolute Gasteiger partial charge is 0.417 e. The molecule has 1 aromatic carbocycles. The summed E-state index contributed by atoms with van der Waals surface area (Å²) in [7, 11) is 1.75. The zero-order valence-electron chi connectivity index (χ0n) is 15.0. The number of alkyl halides is 3. The SMILES string of the molecule is CN(C(=O)CN1CCN(c2ccc(C(F)(F)F)cn2)CC1)c1ccccc1. The highest BCUT2D eigenvalue weighted by atomic mass is 19.4. The van der Waals surface area contributed by atoms with Gasteiger partial charge >= 0.3 is 6.18 Å². The number of hydrogen-bond acceptors (Lipinski definition) is 4. The molecule has 2 aromatic rings. The number of hydrogen-bond donors (Lipinski definition) is 0. The highest BCUT2D eigenvalue weighted by molar-refractivity contribution is 5.94. The predicted octanol–water partition coefficient (Wildman–Crippen LogP) is 2.89. The molecule has 0 bridgehead atoms. The lowest BCUT2D eigenvalue weighted by Gasteiger charge is -2.35. The Morgan fingerprint density at radius 3 is 2.30 bits per heavy atom. The van der Waals surface area contributed by atoms with E-state index in [9.17, 15) is 18.0 Å². The minimum atomic E-state index is -4.38. The molecule has 0 N–H and O–H groups in total. The number of carbonyl (C=O) groups excluding carboxylic acids is 1. The lowest BCUT2D eigenvalue weighted by Crippen LogP contribution is -2.50. The van der Waals surface area contributed by atoms with E-state index in [1.54, 1.807) is 11.9 Å². The molecule has 5 nitrogen and oxygen atoms in total. The van der Waals surface area contributed by atoms with Gasteiger partial charge < -0.3 is 9.80 Å². The van der Waals surface area contributed by atoms with Crippen LogP contribution >= 0.6 is 0 Å². The molecular weight excluding hydrogens is 357 g/mol. The molecular formula is C19H21F3N4O. The first-order valence-electron chi connectivity index (χ1n) is 8.67. The van der Waals surface area contributed by atoms with Crippen molar-refractivity contribution < 1.29 is 18.0 Å². The van der Waals surface area contributed by atoms with Crippen molar-refractivity contribution in [3.05, 3.63) is 54.2 Å². The van der Waals surface area contributed by atoms with Crippen molar-refractivity contribution in [3.8, 4) is 0 Å². The van der Waals surface area contributed by atoms with Gasteiger partial charge in [-0.2, -0.15) is 13.2 Å². The third-order valence-corrected chi connectivity index (χ3v) is 4.65. The molecule has 144 valence electrons. The fraction of sp³-hybridized carbons (Fsp3) is 0.368. The molecule has 1 aromatic heterocycles. The summed E-state index contributed by atoms with van der Waals surface area (Å²) in [6, 6.07) is 11.9. The molecule has 1 amide bonds. The summed E-state index contributed by atoms with van der Waals surface area (Å²) >= 11 is 0. The molecule has 1 saturated heterocycles. The van der Waals surface area contributed by atoms with Gasteiger partial charge in [0.05, 0.1) is 12.1 Å². The van der Waals surface area contributed by atoms with Crippen LogP contribution in [-0.2, 0) is 11.0 Å². The Hall–Kier alpha value is -2.61. The van der Waals surface area contributed by atoms with Gasteiger partial charge in [-0.3, -0.25) is 9.69 Å². The van der Waals surface area contributed by atoms with Crippen LogP contribution in [0.3, 0.4) is 0 Å². The maximum atomic E-state index is 12.6. The van der Waals surface area contributed by atoms with Crippen molar-refractivity contribution >= 4 is 17.4 Å². The van der Waals surface area contributed by atoms with Crippen LogP contribution in [0.25, 0.3) is 0 Å². The van der Waals surface area contributed by atoms with Crippen molar-refractivity contribution in [2.75, 3.05) is 49.6 Å². The molecule has 8 heteroatoms. The fourth-order valence-corrected chi connectivity index (χ4v) is 2.97. The minimum absolute atomic E-state index is 0.00213. The van der Waals surface area contributed by atoms with Gasteiger partial charge in [-0.1, -0.05) is 18.2 Å². The molecule has 3 rings (SSSR count). The number of halogens is 3. The second-order valence-electron chi connectivity index (χ2n) is 6.45. The topological polar surface area (TPSA) is 39.7 Å². The van der Waals surface area contributed by atoms with Gasteiger partial charge in [0.1, 0.15) is 5.82 Å². The Kier molecular flexibility index (Phi) is 5.65. The average molecular weight is 378 g/mol. The van der Waals surface area contributed by atoms with Crippen LogP contribution in [0.1, 0.15) is 5.56 Å². The minimum Gasteiger partial charge on any atom is -0.354 e. The van der Waals surface area contributed by atoms with Crippen LogP contribution in [0.4, 0.5) is 24.7 Å². The Morgan fingerprint density at radius 1 is 1.07 bits per heavy atom. The summed E-state index contributed by atoms with van der Waals surface area (Å²) in [5.74, 6) is 0.526. The third-order valence-electron chi connectivity index (χ3n) is 4.65. The number of aromatic nitrogens is 1. The Morgan fingerprint density at radius 2 is 1.74 bits per heavy atom. The third kappa shape index (κ3) is 4.77. The monoisotopic (exact) mass is 378 g/mol. The first-order valence-corrected chi connectivity index (χ1v) is 8.67. The zero-order valence-corrected chi connectivity index (χ0v) is 15.0. The molecule has 27 heavy (non-hydrogen) atoms. The number of piperazine rings is 1. The van der Waals surface area contributed by atoms with Crippen LogP contribution in [0.2, 0.25) is 0 Å². The lowest BCUT2D eigenvalue weighted by molar-refractivity contribution is -0.137. The number of benzene rings is 1. The summed E-state index contributed by atoms with van der Waals surface area (Å²) in [4.78, 5) is 22.0. The number of nitrogens with zero attached hydrogens (tertiary/aromatic N) is 4. The number of para-hydroxylation sites is 1. The number of carbonyl (C=O) groups is 1. The quantitative estimate of drug-likeness (QED) is 0.820. The maximum Gasteiger partial charge on any atom is 0.417 e. The van der Waals surface area contributed by atoms with Gasteiger partial charge in [0.15, 0.2) is 0 Å². The van der Waals surface area contributed by atoms with Gasteiger partial charge in [0, 0.05) is 45.1 Å². The van der Waals surface area contributed by atoms with Crippen molar-refractivity contribution in [1.82, 2.24) is 9.88 Å². The molecule has 0 spiro atoms. The van der Waals surface area contributed by atoms with Crippen LogP contribution in [0, 0.1) is 0 Å². The molecule has 1 aliphatic rings. The number of pyridine rings is 1. The number of likely N-dealkylation sites (N-methyl/N-ethyl adjacent to an activating group) is 1. The normalized spacial score (nSPS) is 15.6. The first kappa shape index (κ1) is 19.2. The predicted molar refractivity (Wildman–Crippen MR) is 97.7 cm³/mol. The molecule has 2 heterocycles. The van der Waals surface area contributed by atoms with Crippen molar-refractivity contribution in [2.24, 2.45) is 0 Å². The van der Waals surface area contributed by atoms with Crippen molar-refractivity contribution in [1.29, 1.82) is 0 Å².